The highest BCUT2D eigenvalue weighted by Crippen LogP contribution is 2.21. The van der Waals surface area contributed by atoms with Crippen molar-refractivity contribution in [2.24, 2.45) is 0 Å². The number of carbonyl (C=O) groups is 1. The minimum Gasteiger partial charge on any atom is -0.480 e. The lowest BCUT2D eigenvalue weighted by Gasteiger charge is -2.31. The van der Waals surface area contributed by atoms with Crippen LogP contribution >= 0.6 is 0 Å². The first kappa shape index (κ1) is 20.2. The second-order valence-electron chi connectivity index (χ2n) is 5.47. The molecule has 0 aliphatic carbocycles. The van der Waals surface area contributed by atoms with E-state index >= 15 is 0 Å². The number of rotatable bonds is 11. The minimum atomic E-state index is -4.15. The molecule has 0 bridgehead atoms. The Kier molecular flexibility index (Phi) is 8.89. The van der Waals surface area contributed by atoms with Gasteiger partial charge in [0.05, 0.1) is 0 Å². The van der Waals surface area contributed by atoms with E-state index in [1.807, 2.05) is 13.8 Å². The van der Waals surface area contributed by atoms with Gasteiger partial charge >= 0.3 is 12.1 Å². The summed E-state index contributed by atoms with van der Waals surface area (Å²) in [5.41, 5.74) is -0.997. The quantitative estimate of drug-likeness (QED) is 0.574. The van der Waals surface area contributed by atoms with Gasteiger partial charge in [-0.25, -0.2) is 0 Å². The second-order valence-corrected chi connectivity index (χ2v) is 5.47. The van der Waals surface area contributed by atoms with Crippen molar-refractivity contribution < 1.29 is 27.8 Å². The molecule has 2 N–H and O–H groups in total. The van der Waals surface area contributed by atoms with E-state index in [9.17, 15) is 23.1 Å². The van der Waals surface area contributed by atoms with Gasteiger partial charge in [0.1, 0.15) is 5.54 Å². The molecule has 0 heterocycles. The molecule has 0 spiro atoms. The molecule has 0 aromatic carbocycles. The molecule has 0 aromatic rings. The Morgan fingerprint density at radius 3 is 2.10 bits per heavy atom. The van der Waals surface area contributed by atoms with Gasteiger partial charge in [0.2, 0.25) is 0 Å². The Balaban J connectivity index is 4.02. The fraction of sp³-hybridized carbons (Fsp3) is 0.929. The number of alkyl halides is 3. The maximum atomic E-state index is 11.9. The van der Waals surface area contributed by atoms with Crippen LogP contribution in [0.5, 0.6) is 0 Å². The fourth-order valence-electron chi connectivity index (χ4n) is 2.18. The lowest BCUT2D eigenvalue weighted by atomic mass is 9.89. The van der Waals surface area contributed by atoms with Gasteiger partial charge in [-0.15, -0.1) is 0 Å². The van der Waals surface area contributed by atoms with Gasteiger partial charge in [0.25, 0.3) is 0 Å². The third-order valence-electron chi connectivity index (χ3n) is 3.22. The zero-order valence-electron chi connectivity index (χ0n) is 12.9. The number of carboxylic acid groups (broad SMARTS) is 1. The molecule has 7 heteroatoms. The molecule has 0 saturated carbocycles. The van der Waals surface area contributed by atoms with Crippen LogP contribution in [0, 0.1) is 0 Å². The first-order valence-corrected chi connectivity index (χ1v) is 7.28. The molecule has 0 rings (SSSR count). The summed E-state index contributed by atoms with van der Waals surface area (Å²) in [5, 5.41) is 12.4. The van der Waals surface area contributed by atoms with Crippen LogP contribution in [0.3, 0.4) is 0 Å². The summed E-state index contributed by atoms with van der Waals surface area (Å²) < 4.78 is 40.9. The van der Waals surface area contributed by atoms with E-state index in [4.69, 9.17) is 4.74 Å². The Morgan fingerprint density at radius 2 is 1.71 bits per heavy atom. The average Bonchev–Trinajstić information content (AvgIpc) is 2.34. The van der Waals surface area contributed by atoms with Crippen LogP contribution in [0.2, 0.25) is 0 Å². The number of aliphatic carboxylic acids is 1. The second kappa shape index (κ2) is 9.25. The smallest absolute Gasteiger partial charge is 0.389 e. The SMILES string of the molecule is CCC(CCCOCCCC(F)(F)F)(NC(C)C)C(=O)O. The van der Waals surface area contributed by atoms with Gasteiger partial charge in [-0.3, -0.25) is 10.1 Å². The highest BCUT2D eigenvalue weighted by Gasteiger charge is 2.36. The van der Waals surface area contributed by atoms with E-state index in [-0.39, 0.29) is 25.7 Å². The molecule has 0 aliphatic rings. The van der Waals surface area contributed by atoms with E-state index in [0.29, 0.717) is 19.3 Å². The molecule has 4 nitrogen and oxygen atoms in total. The monoisotopic (exact) mass is 313 g/mol. The van der Waals surface area contributed by atoms with Gasteiger partial charge in [0, 0.05) is 25.7 Å². The van der Waals surface area contributed by atoms with Gasteiger partial charge in [0.15, 0.2) is 0 Å². The molecular formula is C14H26F3NO3. The van der Waals surface area contributed by atoms with E-state index in [1.165, 1.54) is 0 Å². The van der Waals surface area contributed by atoms with Crippen molar-refractivity contribution in [3.05, 3.63) is 0 Å². The summed E-state index contributed by atoms with van der Waals surface area (Å²) in [4.78, 5) is 11.4. The van der Waals surface area contributed by atoms with Crippen LogP contribution in [0.15, 0.2) is 0 Å². The number of ether oxygens (including phenoxy) is 1. The summed E-state index contributed by atoms with van der Waals surface area (Å²) in [6.07, 6.45) is -3.75. The summed E-state index contributed by atoms with van der Waals surface area (Å²) in [6.45, 7) is 5.87. The molecule has 0 fully saturated rings. The molecule has 0 saturated heterocycles. The topological polar surface area (TPSA) is 58.6 Å². The van der Waals surface area contributed by atoms with E-state index < -0.39 is 24.1 Å². The van der Waals surface area contributed by atoms with Crippen molar-refractivity contribution in [2.75, 3.05) is 13.2 Å². The summed E-state index contributed by atoms with van der Waals surface area (Å²) in [6, 6.07) is 0.0359. The van der Waals surface area contributed by atoms with Gasteiger partial charge in [-0.2, -0.15) is 13.2 Å². The van der Waals surface area contributed by atoms with Crippen molar-refractivity contribution in [1.82, 2.24) is 5.32 Å². The van der Waals surface area contributed by atoms with Crippen molar-refractivity contribution in [3.8, 4) is 0 Å². The molecule has 126 valence electrons. The first-order valence-electron chi connectivity index (χ1n) is 7.28. The third kappa shape index (κ3) is 8.93. The molecule has 0 amide bonds. The summed E-state index contributed by atoms with van der Waals surface area (Å²) in [7, 11) is 0. The van der Waals surface area contributed by atoms with Crippen LogP contribution in [0.1, 0.15) is 52.9 Å². The van der Waals surface area contributed by atoms with E-state index in [0.717, 1.165) is 0 Å². The summed E-state index contributed by atoms with van der Waals surface area (Å²) in [5.74, 6) is -0.907. The zero-order chi connectivity index (χ0) is 16.5. The highest BCUT2D eigenvalue weighted by atomic mass is 19.4. The van der Waals surface area contributed by atoms with Crippen molar-refractivity contribution in [2.45, 2.75) is 70.6 Å². The lowest BCUT2D eigenvalue weighted by Crippen LogP contribution is -2.54. The standard InChI is InChI=1S/C14H26F3NO3/c1-4-13(12(19)20,18-11(2)3)7-5-9-21-10-6-8-14(15,16)17/h11,18H,4-10H2,1-3H3,(H,19,20). The number of hydrogen-bond donors (Lipinski definition) is 2. The fourth-order valence-corrected chi connectivity index (χ4v) is 2.18. The van der Waals surface area contributed by atoms with Gasteiger partial charge in [-0.05, 0) is 39.5 Å². The van der Waals surface area contributed by atoms with Crippen LogP contribution in [-0.2, 0) is 9.53 Å². The molecule has 0 aromatic heterocycles. The third-order valence-corrected chi connectivity index (χ3v) is 3.22. The first-order chi connectivity index (χ1) is 9.63. The maximum Gasteiger partial charge on any atom is 0.389 e. The number of halogens is 3. The summed E-state index contributed by atoms with van der Waals surface area (Å²) >= 11 is 0. The van der Waals surface area contributed by atoms with Crippen molar-refractivity contribution >= 4 is 5.97 Å². The van der Waals surface area contributed by atoms with Crippen LogP contribution in [-0.4, -0.2) is 42.0 Å². The Labute approximate surface area is 124 Å². The van der Waals surface area contributed by atoms with Gasteiger partial charge < -0.3 is 9.84 Å². The van der Waals surface area contributed by atoms with E-state index in [1.54, 1.807) is 6.92 Å². The molecule has 0 aliphatic heterocycles. The van der Waals surface area contributed by atoms with Crippen molar-refractivity contribution in [1.29, 1.82) is 0 Å². The Hall–Kier alpha value is -0.820. The van der Waals surface area contributed by atoms with Crippen LogP contribution in [0.25, 0.3) is 0 Å². The normalized spacial score (nSPS) is 15.2. The van der Waals surface area contributed by atoms with E-state index in [2.05, 4.69) is 5.32 Å². The van der Waals surface area contributed by atoms with Gasteiger partial charge in [-0.1, -0.05) is 6.92 Å². The minimum absolute atomic E-state index is 0.0359. The molecule has 0 radical (unpaired) electrons. The Morgan fingerprint density at radius 1 is 1.19 bits per heavy atom. The molecular weight excluding hydrogens is 287 g/mol. The van der Waals surface area contributed by atoms with Crippen LogP contribution < -0.4 is 5.32 Å². The highest BCUT2D eigenvalue weighted by molar-refractivity contribution is 5.78. The average molecular weight is 313 g/mol. The number of hydrogen-bond acceptors (Lipinski definition) is 3. The molecule has 21 heavy (non-hydrogen) atoms. The Bertz CT molecular complexity index is 308. The predicted octanol–water partition coefficient (Wildman–Crippen LogP) is 3.36. The number of nitrogens with one attached hydrogen (secondary N) is 1. The molecule has 1 unspecified atom stereocenters. The molecule has 1 atom stereocenters. The predicted molar refractivity (Wildman–Crippen MR) is 74.3 cm³/mol. The lowest BCUT2D eigenvalue weighted by molar-refractivity contribution is -0.146. The van der Waals surface area contributed by atoms with Crippen LogP contribution in [0.4, 0.5) is 13.2 Å². The maximum absolute atomic E-state index is 11.9. The largest absolute Gasteiger partial charge is 0.480 e. The number of carboxylic acids is 1. The van der Waals surface area contributed by atoms with Crippen molar-refractivity contribution in [3.63, 3.8) is 0 Å². The zero-order valence-corrected chi connectivity index (χ0v) is 12.9.